The summed E-state index contributed by atoms with van der Waals surface area (Å²) in [6, 6.07) is 20.5. The van der Waals surface area contributed by atoms with Crippen LogP contribution in [0.1, 0.15) is 10.4 Å². The SMILES string of the molecule is COc1ccc(NS(=O)(=O)c2ccc(C(=O)N3CCN(c4cccc(OC)c4)CC3)cc2)cc1. The van der Waals surface area contributed by atoms with Crippen LogP contribution in [0.15, 0.2) is 77.7 Å². The van der Waals surface area contributed by atoms with Crippen LogP contribution in [0.4, 0.5) is 11.4 Å². The molecule has 3 aromatic carbocycles. The van der Waals surface area contributed by atoms with Crippen molar-refractivity contribution in [2.24, 2.45) is 0 Å². The molecule has 4 rings (SSSR count). The Labute approximate surface area is 199 Å². The van der Waals surface area contributed by atoms with Crippen LogP contribution < -0.4 is 19.1 Å². The van der Waals surface area contributed by atoms with Gasteiger partial charge in [0.15, 0.2) is 0 Å². The summed E-state index contributed by atoms with van der Waals surface area (Å²) in [6.07, 6.45) is 0. The molecule has 0 saturated carbocycles. The van der Waals surface area contributed by atoms with Gasteiger partial charge in [0.05, 0.1) is 19.1 Å². The standard InChI is InChI=1S/C25H27N3O5S/c1-32-22-10-8-20(9-11-22)26-34(30,31)24-12-6-19(7-13-24)25(29)28-16-14-27(15-17-28)21-4-3-5-23(18-21)33-2/h3-13,18,26H,14-17H2,1-2H3. The lowest BCUT2D eigenvalue weighted by Crippen LogP contribution is -2.48. The van der Waals surface area contributed by atoms with E-state index in [1.54, 1.807) is 55.5 Å². The van der Waals surface area contributed by atoms with Crippen molar-refractivity contribution in [3.63, 3.8) is 0 Å². The number of nitrogens with one attached hydrogen (secondary N) is 1. The highest BCUT2D eigenvalue weighted by Gasteiger charge is 2.23. The van der Waals surface area contributed by atoms with Gasteiger partial charge in [-0.1, -0.05) is 6.07 Å². The number of ether oxygens (including phenoxy) is 2. The lowest BCUT2D eigenvalue weighted by atomic mass is 10.1. The molecule has 0 aromatic heterocycles. The largest absolute Gasteiger partial charge is 0.497 e. The van der Waals surface area contributed by atoms with Gasteiger partial charge in [-0.2, -0.15) is 0 Å². The highest BCUT2D eigenvalue weighted by atomic mass is 32.2. The average Bonchev–Trinajstić information content (AvgIpc) is 2.88. The summed E-state index contributed by atoms with van der Waals surface area (Å²) in [5.74, 6) is 1.32. The predicted octanol–water partition coefficient (Wildman–Crippen LogP) is 3.47. The van der Waals surface area contributed by atoms with Crippen molar-refractivity contribution >= 4 is 27.3 Å². The lowest BCUT2D eigenvalue weighted by molar-refractivity contribution is 0.0746. The third kappa shape index (κ3) is 5.26. The number of nitrogens with zero attached hydrogens (tertiary/aromatic N) is 2. The Morgan fingerprint density at radius 3 is 2.09 bits per heavy atom. The first kappa shape index (κ1) is 23.4. The maximum absolute atomic E-state index is 13.0. The van der Waals surface area contributed by atoms with Crippen LogP contribution in [0.5, 0.6) is 11.5 Å². The van der Waals surface area contributed by atoms with Crippen LogP contribution in [0.3, 0.4) is 0 Å². The fourth-order valence-electron chi connectivity index (χ4n) is 3.81. The number of amides is 1. The molecule has 0 atom stereocenters. The number of sulfonamides is 1. The Kier molecular flexibility index (Phi) is 6.93. The molecule has 178 valence electrons. The third-order valence-electron chi connectivity index (χ3n) is 5.74. The molecule has 9 heteroatoms. The molecule has 0 spiro atoms. The maximum atomic E-state index is 13.0. The molecule has 8 nitrogen and oxygen atoms in total. The minimum Gasteiger partial charge on any atom is -0.497 e. The first-order valence-electron chi connectivity index (χ1n) is 10.8. The van der Waals surface area contributed by atoms with Crippen molar-refractivity contribution in [3.05, 3.63) is 78.4 Å². The molecule has 1 amide bonds. The van der Waals surface area contributed by atoms with Crippen LogP contribution in [0.25, 0.3) is 0 Å². The van der Waals surface area contributed by atoms with Gasteiger partial charge in [0, 0.05) is 49.2 Å². The van der Waals surface area contributed by atoms with Gasteiger partial charge in [0.2, 0.25) is 0 Å². The summed E-state index contributed by atoms with van der Waals surface area (Å²) in [6.45, 7) is 2.57. The summed E-state index contributed by atoms with van der Waals surface area (Å²) >= 11 is 0. The van der Waals surface area contributed by atoms with E-state index in [9.17, 15) is 13.2 Å². The van der Waals surface area contributed by atoms with Crippen LogP contribution in [-0.4, -0.2) is 59.6 Å². The number of methoxy groups -OCH3 is 2. The fourth-order valence-corrected chi connectivity index (χ4v) is 4.87. The van der Waals surface area contributed by atoms with E-state index in [2.05, 4.69) is 9.62 Å². The summed E-state index contributed by atoms with van der Waals surface area (Å²) < 4.78 is 38.3. The van der Waals surface area contributed by atoms with E-state index < -0.39 is 10.0 Å². The molecular formula is C25H27N3O5S. The number of hydrogen-bond donors (Lipinski definition) is 1. The zero-order valence-electron chi connectivity index (χ0n) is 19.1. The maximum Gasteiger partial charge on any atom is 0.261 e. The van der Waals surface area contributed by atoms with Crippen LogP contribution in [0.2, 0.25) is 0 Å². The van der Waals surface area contributed by atoms with E-state index in [1.807, 2.05) is 24.3 Å². The number of piperazine rings is 1. The van der Waals surface area contributed by atoms with Gasteiger partial charge in [0.25, 0.3) is 15.9 Å². The second-order valence-electron chi connectivity index (χ2n) is 7.84. The number of anilines is 2. The van der Waals surface area contributed by atoms with Crippen molar-refractivity contribution in [3.8, 4) is 11.5 Å². The predicted molar refractivity (Wildman–Crippen MR) is 131 cm³/mol. The van der Waals surface area contributed by atoms with Gasteiger partial charge in [-0.15, -0.1) is 0 Å². The normalized spacial score (nSPS) is 13.9. The Bertz CT molecular complexity index is 1240. The van der Waals surface area contributed by atoms with Gasteiger partial charge >= 0.3 is 0 Å². The highest BCUT2D eigenvalue weighted by molar-refractivity contribution is 7.92. The molecular weight excluding hydrogens is 454 g/mol. The van der Waals surface area contributed by atoms with Crippen LogP contribution >= 0.6 is 0 Å². The fraction of sp³-hybridized carbons (Fsp3) is 0.240. The zero-order chi connectivity index (χ0) is 24.1. The number of carbonyl (C=O) groups is 1. The van der Waals surface area contributed by atoms with Crippen molar-refractivity contribution in [1.82, 2.24) is 4.90 Å². The smallest absolute Gasteiger partial charge is 0.261 e. The second kappa shape index (κ2) is 10.0. The first-order chi connectivity index (χ1) is 16.4. The Morgan fingerprint density at radius 2 is 1.47 bits per heavy atom. The van der Waals surface area contributed by atoms with Crippen molar-refractivity contribution < 1.29 is 22.7 Å². The monoisotopic (exact) mass is 481 g/mol. The molecule has 1 saturated heterocycles. The number of benzene rings is 3. The molecule has 1 fully saturated rings. The Morgan fingerprint density at radius 1 is 0.824 bits per heavy atom. The molecule has 0 aliphatic carbocycles. The summed E-state index contributed by atoms with van der Waals surface area (Å²) in [4.78, 5) is 17.1. The second-order valence-corrected chi connectivity index (χ2v) is 9.52. The molecule has 0 bridgehead atoms. The van der Waals surface area contributed by atoms with E-state index in [0.29, 0.717) is 43.2 Å². The van der Waals surface area contributed by atoms with Gasteiger partial charge in [0.1, 0.15) is 11.5 Å². The Balaban J connectivity index is 1.38. The van der Waals surface area contributed by atoms with E-state index >= 15 is 0 Å². The molecule has 1 aliphatic heterocycles. The topological polar surface area (TPSA) is 88.2 Å². The molecule has 0 unspecified atom stereocenters. The average molecular weight is 482 g/mol. The summed E-state index contributed by atoms with van der Waals surface area (Å²) in [5, 5.41) is 0. The summed E-state index contributed by atoms with van der Waals surface area (Å²) in [7, 11) is -0.592. The number of hydrogen-bond acceptors (Lipinski definition) is 6. The Hall–Kier alpha value is -3.72. The van der Waals surface area contributed by atoms with Crippen molar-refractivity contribution in [2.75, 3.05) is 50.0 Å². The highest BCUT2D eigenvalue weighted by Crippen LogP contribution is 2.23. The summed E-state index contributed by atoms with van der Waals surface area (Å²) in [5.41, 5.74) is 1.94. The molecule has 34 heavy (non-hydrogen) atoms. The quantitative estimate of drug-likeness (QED) is 0.556. The first-order valence-corrected chi connectivity index (χ1v) is 12.3. The molecule has 1 heterocycles. The van der Waals surface area contributed by atoms with Gasteiger partial charge in [-0.05, 0) is 60.7 Å². The molecule has 1 N–H and O–H groups in total. The third-order valence-corrected chi connectivity index (χ3v) is 7.14. The minimum absolute atomic E-state index is 0.0858. The van der Waals surface area contributed by atoms with E-state index in [1.165, 1.54) is 12.1 Å². The molecule has 1 aliphatic rings. The van der Waals surface area contributed by atoms with Gasteiger partial charge < -0.3 is 19.3 Å². The van der Waals surface area contributed by atoms with Gasteiger partial charge in [-0.3, -0.25) is 9.52 Å². The van der Waals surface area contributed by atoms with Crippen LogP contribution in [0, 0.1) is 0 Å². The molecule has 3 aromatic rings. The van der Waals surface area contributed by atoms with E-state index in [0.717, 1.165) is 11.4 Å². The van der Waals surface area contributed by atoms with E-state index in [4.69, 9.17) is 9.47 Å². The van der Waals surface area contributed by atoms with Crippen molar-refractivity contribution in [1.29, 1.82) is 0 Å². The molecule has 0 radical (unpaired) electrons. The van der Waals surface area contributed by atoms with Gasteiger partial charge in [-0.25, -0.2) is 8.42 Å². The number of rotatable bonds is 7. The van der Waals surface area contributed by atoms with Crippen molar-refractivity contribution in [2.45, 2.75) is 4.90 Å². The zero-order valence-corrected chi connectivity index (χ0v) is 19.9. The lowest BCUT2D eigenvalue weighted by Gasteiger charge is -2.36. The minimum atomic E-state index is -3.78. The van der Waals surface area contributed by atoms with Crippen LogP contribution in [-0.2, 0) is 10.0 Å². The van der Waals surface area contributed by atoms with E-state index in [-0.39, 0.29) is 10.8 Å². The number of carbonyl (C=O) groups excluding carboxylic acids is 1.